The molecule has 1 atom stereocenters. The summed E-state index contributed by atoms with van der Waals surface area (Å²) in [5.41, 5.74) is 5.22. The van der Waals surface area contributed by atoms with E-state index in [0.717, 1.165) is 0 Å². The second kappa shape index (κ2) is 5.46. The Kier molecular flexibility index (Phi) is 4.51. The average Bonchev–Trinajstić information content (AvgIpc) is 2.66. The fourth-order valence-corrected chi connectivity index (χ4v) is 2.95. The van der Waals surface area contributed by atoms with Crippen LogP contribution < -0.4 is 11.1 Å². The summed E-state index contributed by atoms with van der Waals surface area (Å²) in [6, 6.07) is -0.181. The van der Waals surface area contributed by atoms with E-state index in [1.54, 1.807) is 0 Å². The van der Waals surface area contributed by atoms with Crippen LogP contribution in [0.15, 0.2) is 0 Å². The van der Waals surface area contributed by atoms with Crippen LogP contribution in [-0.2, 0) is 14.8 Å². The van der Waals surface area contributed by atoms with E-state index in [2.05, 4.69) is 10.1 Å². The van der Waals surface area contributed by atoms with E-state index in [1.807, 2.05) is 0 Å². The van der Waals surface area contributed by atoms with E-state index in [4.69, 9.17) is 5.73 Å². The van der Waals surface area contributed by atoms with Crippen molar-refractivity contribution >= 4 is 16.1 Å². The lowest BCUT2D eigenvalue weighted by Crippen LogP contribution is -2.39. The Balaban J connectivity index is 2.49. The number of nitrogens with zero attached hydrogens (tertiary/aromatic N) is 1. The SMILES string of the molecule is COC(=O)NC1CCN(S(=O)(=O)CCN)C1. The highest BCUT2D eigenvalue weighted by atomic mass is 32.2. The van der Waals surface area contributed by atoms with E-state index in [1.165, 1.54) is 11.4 Å². The van der Waals surface area contributed by atoms with Crippen molar-refractivity contribution in [3.05, 3.63) is 0 Å². The first kappa shape index (κ1) is 13.2. The van der Waals surface area contributed by atoms with Gasteiger partial charge in [0.25, 0.3) is 0 Å². The molecule has 0 aromatic heterocycles. The fraction of sp³-hybridized carbons (Fsp3) is 0.875. The Labute approximate surface area is 95.0 Å². The number of ether oxygens (including phenoxy) is 1. The molecule has 1 unspecified atom stereocenters. The zero-order chi connectivity index (χ0) is 12.2. The van der Waals surface area contributed by atoms with Crippen molar-refractivity contribution in [3.8, 4) is 0 Å². The third kappa shape index (κ3) is 3.32. The Morgan fingerprint density at radius 2 is 2.31 bits per heavy atom. The molecule has 0 spiro atoms. The number of carbonyl (C=O) groups excluding carboxylic acids is 1. The molecule has 0 aliphatic carbocycles. The highest BCUT2D eigenvalue weighted by molar-refractivity contribution is 7.89. The van der Waals surface area contributed by atoms with Gasteiger partial charge < -0.3 is 15.8 Å². The number of carbonyl (C=O) groups is 1. The van der Waals surface area contributed by atoms with Crippen LogP contribution in [0.25, 0.3) is 0 Å². The maximum Gasteiger partial charge on any atom is 0.407 e. The minimum atomic E-state index is -3.27. The van der Waals surface area contributed by atoms with Crippen LogP contribution in [0.5, 0.6) is 0 Å². The second-order valence-electron chi connectivity index (χ2n) is 3.58. The Morgan fingerprint density at radius 3 is 2.88 bits per heavy atom. The molecule has 16 heavy (non-hydrogen) atoms. The van der Waals surface area contributed by atoms with Crippen molar-refractivity contribution in [3.63, 3.8) is 0 Å². The third-order valence-electron chi connectivity index (χ3n) is 2.43. The largest absolute Gasteiger partial charge is 0.453 e. The van der Waals surface area contributed by atoms with Crippen molar-refractivity contribution < 1.29 is 17.9 Å². The number of methoxy groups -OCH3 is 1. The Morgan fingerprint density at radius 1 is 1.62 bits per heavy atom. The lowest BCUT2D eigenvalue weighted by molar-refractivity contribution is 0.167. The van der Waals surface area contributed by atoms with E-state index in [9.17, 15) is 13.2 Å². The molecular weight excluding hydrogens is 234 g/mol. The first-order valence-corrected chi connectivity index (χ1v) is 6.63. The summed E-state index contributed by atoms with van der Waals surface area (Å²) in [6.07, 6.45) is 0.0573. The molecule has 1 fully saturated rings. The highest BCUT2D eigenvalue weighted by Crippen LogP contribution is 2.13. The van der Waals surface area contributed by atoms with Gasteiger partial charge in [0.2, 0.25) is 10.0 Å². The van der Waals surface area contributed by atoms with E-state index >= 15 is 0 Å². The smallest absolute Gasteiger partial charge is 0.407 e. The van der Waals surface area contributed by atoms with E-state index < -0.39 is 16.1 Å². The van der Waals surface area contributed by atoms with Crippen LogP contribution in [0, 0.1) is 0 Å². The van der Waals surface area contributed by atoms with Crippen molar-refractivity contribution in [1.82, 2.24) is 9.62 Å². The van der Waals surface area contributed by atoms with Crippen LogP contribution >= 0.6 is 0 Å². The molecule has 1 saturated heterocycles. The maximum absolute atomic E-state index is 11.6. The molecule has 0 radical (unpaired) electrons. The van der Waals surface area contributed by atoms with Crippen molar-refractivity contribution in [2.24, 2.45) is 5.73 Å². The first-order valence-electron chi connectivity index (χ1n) is 5.02. The monoisotopic (exact) mass is 251 g/mol. The Hall–Kier alpha value is -0.860. The molecule has 1 aliphatic rings. The van der Waals surface area contributed by atoms with Gasteiger partial charge in [-0.15, -0.1) is 0 Å². The topological polar surface area (TPSA) is 102 Å². The Bertz CT molecular complexity index is 343. The molecule has 7 nitrogen and oxygen atoms in total. The van der Waals surface area contributed by atoms with E-state index in [0.29, 0.717) is 13.0 Å². The normalized spacial score (nSPS) is 22.0. The van der Waals surface area contributed by atoms with Gasteiger partial charge in [-0.05, 0) is 6.42 Å². The number of hydrogen-bond acceptors (Lipinski definition) is 5. The van der Waals surface area contributed by atoms with Gasteiger partial charge in [-0.2, -0.15) is 4.31 Å². The van der Waals surface area contributed by atoms with Gasteiger partial charge >= 0.3 is 6.09 Å². The van der Waals surface area contributed by atoms with Crippen LogP contribution in [0.1, 0.15) is 6.42 Å². The lowest BCUT2D eigenvalue weighted by Gasteiger charge is -2.16. The summed E-state index contributed by atoms with van der Waals surface area (Å²) in [4.78, 5) is 10.9. The van der Waals surface area contributed by atoms with Crippen molar-refractivity contribution in [1.29, 1.82) is 0 Å². The maximum atomic E-state index is 11.6. The summed E-state index contributed by atoms with van der Waals surface area (Å²) in [5, 5.41) is 2.57. The van der Waals surface area contributed by atoms with Crippen LogP contribution in [0.2, 0.25) is 0 Å². The first-order chi connectivity index (χ1) is 7.49. The van der Waals surface area contributed by atoms with Crippen molar-refractivity contribution in [2.75, 3.05) is 32.5 Å². The molecule has 1 aliphatic heterocycles. The molecule has 0 saturated carbocycles. The molecule has 94 valence electrons. The number of rotatable bonds is 4. The van der Waals surface area contributed by atoms with Crippen LogP contribution in [0.4, 0.5) is 4.79 Å². The number of alkyl carbamates (subject to hydrolysis) is 1. The fourth-order valence-electron chi connectivity index (χ4n) is 1.60. The zero-order valence-corrected chi connectivity index (χ0v) is 10.00. The standard InChI is InChI=1S/C8H17N3O4S/c1-15-8(12)10-7-2-4-11(6-7)16(13,14)5-3-9/h7H,2-6,9H2,1H3,(H,10,12). The number of nitrogens with two attached hydrogens (primary N) is 1. The van der Waals surface area contributed by atoms with Gasteiger partial charge in [-0.3, -0.25) is 0 Å². The van der Waals surface area contributed by atoms with Gasteiger partial charge in [0.05, 0.1) is 12.9 Å². The highest BCUT2D eigenvalue weighted by Gasteiger charge is 2.31. The molecule has 0 bridgehead atoms. The van der Waals surface area contributed by atoms with Gasteiger partial charge in [0.15, 0.2) is 0 Å². The molecule has 8 heteroatoms. The molecule has 0 aromatic rings. The summed E-state index contributed by atoms with van der Waals surface area (Å²) in [5.74, 6) is -0.0576. The van der Waals surface area contributed by atoms with Crippen LogP contribution in [0.3, 0.4) is 0 Å². The molecular formula is C8H17N3O4S. The summed E-state index contributed by atoms with van der Waals surface area (Å²) in [7, 11) is -2.00. The predicted octanol–water partition coefficient (Wildman–Crippen LogP) is -1.29. The van der Waals surface area contributed by atoms with Crippen LogP contribution in [-0.4, -0.2) is 57.4 Å². The van der Waals surface area contributed by atoms with Gasteiger partial charge in [0.1, 0.15) is 0 Å². The van der Waals surface area contributed by atoms with Gasteiger partial charge in [-0.25, -0.2) is 13.2 Å². The van der Waals surface area contributed by atoms with E-state index in [-0.39, 0.29) is 24.9 Å². The third-order valence-corrected chi connectivity index (χ3v) is 4.30. The molecule has 0 aromatic carbocycles. The quantitative estimate of drug-likeness (QED) is 0.647. The molecule has 1 amide bonds. The number of amides is 1. The second-order valence-corrected chi connectivity index (χ2v) is 5.67. The number of sulfonamides is 1. The average molecular weight is 251 g/mol. The molecule has 3 N–H and O–H groups in total. The number of hydrogen-bond donors (Lipinski definition) is 2. The lowest BCUT2D eigenvalue weighted by atomic mass is 10.3. The molecule has 1 heterocycles. The molecule has 1 rings (SSSR count). The zero-order valence-electron chi connectivity index (χ0n) is 9.18. The van der Waals surface area contributed by atoms with Crippen molar-refractivity contribution in [2.45, 2.75) is 12.5 Å². The minimum Gasteiger partial charge on any atom is -0.453 e. The van der Waals surface area contributed by atoms with Gasteiger partial charge in [-0.1, -0.05) is 0 Å². The number of nitrogens with one attached hydrogen (secondary N) is 1. The summed E-state index contributed by atoms with van der Waals surface area (Å²) in [6.45, 7) is 0.808. The minimum absolute atomic E-state index is 0.0576. The predicted molar refractivity (Wildman–Crippen MR) is 58.4 cm³/mol. The van der Waals surface area contributed by atoms with Gasteiger partial charge in [0, 0.05) is 25.7 Å². The summed E-state index contributed by atoms with van der Waals surface area (Å²) < 4.78 is 29.1. The summed E-state index contributed by atoms with van der Waals surface area (Å²) >= 11 is 0.